The lowest BCUT2D eigenvalue weighted by Gasteiger charge is -2.35. The molecule has 2 heterocycles. The van der Waals surface area contributed by atoms with Crippen molar-refractivity contribution in [3.8, 4) is 11.1 Å². The van der Waals surface area contributed by atoms with Crippen LogP contribution in [-0.2, 0) is 16.1 Å². The number of benzene rings is 3. The highest BCUT2D eigenvalue weighted by molar-refractivity contribution is 6.30. The number of amides is 2. The van der Waals surface area contributed by atoms with Crippen LogP contribution in [0.1, 0.15) is 18.9 Å². The maximum absolute atomic E-state index is 14.1. The molecule has 2 amide bonds. The van der Waals surface area contributed by atoms with Crippen LogP contribution >= 0.6 is 11.6 Å². The summed E-state index contributed by atoms with van der Waals surface area (Å²) >= 11 is 6.04. The van der Waals surface area contributed by atoms with Gasteiger partial charge in [0.1, 0.15) is 0 Å². The quantitative estimate of drug-likeness (QED) is 0.502. The largest absolute Gasteiger partial charge is 0.314 e. The summed E-state index contributed by atoms with van der Waals surface area (Å²) < 4.78 is 0. The number of halogens is 1. The number of carbonyl (C=O) groups is 2. The Bertz CT molecular complexity index is 1220. The van der Waals surface area contributed by atoms with E-state index in [1.807, 2.05) is 58.3 Å². The third-order valence-corrected chi connectivity index (χ3v) is 7.15. The van der Waals surface area contributed by atoms with Crippen molar-refractivity contribution in [3.63, 3.8) is 0 Å². The molecule has 5 rings (SSSR count). The molecule has 1 fully saturated rings. The number of nitrogens with one attached hydrogen (secondary N) is 1. The second-order valence-corrected chi connectivity index (χ2v) is 9.73. The van der Waals surface area contributed by atoms with Crippen molar-refractivity contribution in [2.24, 2.45) is 0 Å². The summed E-state index contributed by atoms with van der Waals surface area (Å²) in [4.78, 5) is 33.6. The Kier molecular flexibility index (Phi) is 7.37. The van der Waals surface area contributed by atoms with E-state index in [-0.39, 0.29) is 11.8 Å². The van der Waals surface area contributed by atoms with Crippen LogP contribution in [0.5, 0.6) is 0 Å². The average Bonchev–Trinajstić information content (AvgIpc) is 2.99. The molecular weight excluding hydrogens is 472 g/mol. The van der Waals surface area contributed by atoms with E-state index >= 15 is 0 Å². The average molecular weight is 503 g/mol. The number of fused-ring (bicyclic) bond motifs is 1. The van der Waals surface area contributed by atoms with Gasteiger partial charge in [-0.25, -0.2) is 0 Å². The Balaban J connectivity index is 1.50. The van der Waals surface area contributed by atoms with Gasteiger partial charge in [0.15, 0.2) is 6.04 Å². The highest BCUT2D eigenvalue weighted by Gasteiger charge is 2.43. The highest BCUT2D eigenvalue weighted by Crippen LogP contribution is 2.35. The molecule has 1 saturated heterocycles. The van der Waals surface area contributed by atoms with Crippen LogP contribution in [0.25, 0.3) is 11.1 Å². The molecule has 186 valence electrons. The monoisotopic (exact) mass is 502 g/mol. The molecule has 3 aromatic rings. The Morgan fingerprint density at radius 2 is 1.36 bits per heavy atom. The molecule has 0 saturated carbocycles. The number of nitrogens with zero attached hydrogens (tertiary/aromatic N) is 3. The second-order valence-electron chi connectivity index (χ2n) is 9.30. The van der Waals surface area contributed by atoms with Gasteiger partial charge in [-0.1, -0.05) is 67.1 Å². The van der Waals surface area contributed by atoms with Crippen LogP contribution in [0.2, 0.25) is 5.02 Å². The lowest BCUT2D eigenvalue weighted by molar-refractivity contribution is -0.134. The van der Waals surface area contributed by atoms with E-state index in [2.05, 4.69) is 36.5 Å². The SMILES string of the molecule is CCCN1C(=O)C(N2CCNCC2)C(=O)N(Cc2ccc(-c3ccc(Cl)cc3)cc2)c2ccccc21. The summed E-state index contributed by atoms with van der Waals surface area (Å²) in [6.07, 6.45) is 0.814. The molecular formula is C29H31ClN4O2. The molecule has 0 bridgehead atoms. The van der Waals surface area contributed by atoms with Gasteiger partial charge in [0, 0.05) is 37.7 Å². The predicted octanol–water partition coefficient (Wildman–Crippen LogP) is 4.57. The zero-order valence-electron chi connectivity index (χ0n) is 20.5. The zero-order chi connectivity index (χ0) is 25.1. The van der Waals surface area contributed by atoms with Crippen LogP contribution in [0, 0.1) is 0 Å². The minimum Gasteiger partial charge on any atom is -0.314 e. The molecule has 0 radical (unpaired) electrons. The van der Waals surface area contributed by atoms with E-state index in [0.717, 1.165) is 47.6 Å². The fourth-order valence-electron chi connectivity index (χ4n) is 5.06. The third-order valence-electron chi connectivity index (χ3n) is 6.90. The molecule has 1 N–H and O–H groups in total. The van der Waals surface area contributed by atoms with Gasteiger partial charge in [-0.3, -0.25) is 14.5 Å². The van der Waals surface area contributed by atoms with Gasteiger partial charge in [0.05, 0.1) is 17.9 Å². The van der Waals surface area contributed by atoms with Crippen molar-refractivity contribution in [3.05, 3.63) is 83.4 Å². The fraction of sp³-hybridized carbons (Fsp3) is 0.310. The van der Waals surface area contributed by atoms with Crippen molar-refractivity contribution < 1.29 is 9.59 Å². The van der Waals surface area contributed by atoms with Gasteiger partial charge >= 0.3 is 0 Å². The van der Waals surface area contributed by atoms with E-state index in [4.69, 9.17) is 11.6 Å². The lowest BCUT2D eigenvalue weighted by Crippen LogP contribution is -2.59. The molecule has 2 aliphatic rings. The number of anilines is 2. The number of para-hydroxylation sites is 2. The Labute approximate surface area is 217 Å². The van der Waals surface area contributed by atoms with Gasteiger partial charge in [-0.15, -0.1) is 0 Å². The molecule has 0 aromatic heterocycles. The minimum atomic E-state index is -0.820. The number of hydrogen-bond donors (Lipinski definition) is 1. The summed E-state index contributed by atoms with van der Waals surface area (Å²) in [6, 6.07) is 22.9. The van der Waals surface area contributed by atoms with Gasteiger partial charge in [0.2, 0.25) is 0 Å². The highest BCUT2D eigenvalue weighted by atomic mass is 35.5. The van der Waals surface area contributed by atoms with E-state index in [0.29, 0.717) is 31.2 Å². The first-order valence-electron chi connectivity index (χ1n) is 12.6. The number of rotatable bonds is 6. The van der Waals surface area contributed by atoms with Crippen molar-refractivity contribution >= 4 is 34.8 Å². The topological polar surface area (TPSA) is 55.9 Å². The molecule has 0 spiro atoms. The van der Waals surface area contributed by atoms with E-state index in [1.165, 1.54) is 0 Å². The summed E-state index contributed by atoms with van der Waals surface area (Å²) in [5.41, 5.74) is 4.76. The number of carbonyl (C=O) groups excluding carboxylic acids is 2. The number of hydrogen-bond acceptors (Lipinski definition) is 4. The first-order chi connectivity index (χ1) is 17.6. The maximum Gasteiger partial charge on any atom is 0.254 e. The van der Waals surface area contributed by atoms with Crippen LogP contribution in [-0.4, -0.2) is 55.5 Å². The molecule has 0 aliphatic carbocycles. The molecule has 2 aliphatic heterocycles. The van der Waals surface area contributed by atoms with Crippen molar-refractivity contribution in [1.82, 2.24) is 10.2 Å². The molecule has 36 heavy (non-hydrogen) atoms. The summed E-state index contributed by atoms with van der Waals surface area (Å²) in [7, 11) is 0. The van der Waals surface area contributed by atoms with Gasteiger partial charge in [-0.05, 0) is 47.4 Å². The minimum absolute atomic E-state index is 0.128. The molecule has 7 heteroatoms. The van der Waals surface area contributed by atoms with Crippen LogP contribution < -0.4 is 15.1 Å². The van der Waals surface area contributed by atoms with E-state index in [9.17, 15) is 9.59 Å². The van der Waals surface area contributed by atoms with E-state index in [1.54, 1.807) is 4.90 Å². The Hall–Kier alpha value is -3.19. The van der Waals surface area contributed by atoms with Crippen LogP contribution in [0.3, 0.4) is 0 Å². The summed E-state index contributed by atoms with van der Waals surface area (Å²) in [5.74, 6) is -0.286. The molecule has 3 aromatic carbocycles. The molecule has 1 atom stereocenters. The first kappa shape index (κ1) is 24.5. The lowest BCUT2D eigenvalue weighted by atomic mass is 10.0. The standard InChI is InChI=1S/C29H31ClN4O2/c1-2-17-33-25-5-3-4-6-26(25)34(29(36)27(28(33)35)32-18-15-31-16-19-32)20-21-7-9-22(10-8-21)23-11-13-24(30)14-12-23/h3-14,27,31H,2,15-20H2,1H3. The van der Waals surface area contributed by atoms with Crippen LogP contribution in [0.4, 0.5) is 11.4 Å². The van der Waals surface area contributed by atoms with Crippen molar-refractivity contribution in [2.75, 3.05) is 42.5 Å². The van der Waals surface area contributed by atoms with Crippen molar-refractivity contribution in [2.45, 2.75) is 25.9 Å². The number of piperazine rings is 1. The maximum atomic E-state index is 14.1. The first-order valence-corrected chi connectivity index (χ1v) is 13.0. The van der Waals surface area contributed by atoms with E-state index < -0.39 is 6.04 Å². The van der Waals surface area contributed by atoms with Gasteiger partial charge in [0.25, 0.3) is 11.8 Å². The zero-order valence-corrected chi connectivity index (χ0v) is 21.2. The molecule has 1 unspecified atom stereocenters. The normalized spacial score (nSPS) is 18.8. The van der Waals surface area contributed by atoms with Gasteiger partial charge < -0.3 is 15.1 Å². The van der Waals surface area contributed by atoms with Crippen molar-refractivity contribution in [1.29, 1.82) is 0 Å². The third kappa shape index (κ3) is 4.89. The summed E-state index contributed by atoms with van der Waals surface area (Å²) in [6.45, 7) is 5.91. The van der Waals surface area contributed by atoms with Gasteiger partial charge in [-0.2, -0.15) is 0 Å². The smallest absolute Gasteiger partial charge is 0.254 e. The van der Waals surface area contributed by atoms with Crippen LogP contribution in [0.15, 0.2) is 72.8 Å². The second kappa shape index (κ2) is 10.8. The Morgan fingerprint density at radius 3 is 1.97 bits per heavy atom. The Morgan fingerprint density at radius 1 is 0.806 bits per heavy atom. The summed E-state index contributed by atoms with van der Waals surface area (Å²) in [5, 5.41) is 4.03. The predicted molar refractivity (Wildman–Crippen MR) is 145 cm³/mol. The fourth-order valence-corrected chi connectivity index (χ4v) is 5.18. The molecule has 6 nitrogen and oxygen atoms in total.